The van der Waals surface area contributed by atoms with E-state index in [2.05, 4.69) is 37.9 Å². The first-order valence-electron chi connectivity index (χ1n) is 6.71. The molecule has 3 aromatic rings. The molecule has 1 aromatic heterocycles. The van der Waals surface area contributed by atoms with Crippen LogP contribution >= 0.6 is 23.2 Å². The van der Waals surface area contributed by atoms with E-state index < -0.39 is 0 Å². The highest BCUT2D eigenvalue weighted by atomic mass is 35.5. The Morgan fingerprint density at radius 1 is 1.00 bits per heavy atom. The Morgan fingerprint density at radius 2 is 1.67 bits per heavy atom. The van der Waals surface area contributed by atoms with Crippen molar-refractivity contribution in [3.8, 4) is 11.5 Å². The summed E-state index contributed by atoms with van der Waals surface area (Å²) in [6.07, 6.45) is 0. The zero-order chi connectivity index (χ0) is 15.2. The number of hydrogen-bond acceptors (Lipinski definition) is 2. The van der Waals surface area contributed by atoms with Crippen molar-refractivity contribution >= 4 is 34.3 Å². The molecule has 0 spiro atoms. The average molecular weight is 320 g/mol. The van der Waals surface area contributed by atoms with Crippen LogP contribution in [-0.4, -0.2) is 4.98 Å². The minimum atomic E-state index is 0.122. The van der Waals surface area contributed by atoms with E-state index in [-0.39, 0.29) is 5.41 Å². The smallest absolute Gasteiger partial charge is 0.227 e. The fourth-order valence-electron chi connectivity index (χ4n) is 2.20. The Hall–Kier alpha value is -1.51. The van der Waals surface area contributed by atoms with Gasteiger partial charge in [-0.3, -0.25) is 0 Å². The highest BCUT2D eigenvalue weighted by Crippen LogP contribution is 2.32. The van der Waals surface area contributed by atoms with Gasteiger partial charge in [0.2, 0.25) is 5.89 Å². The summed E-state index contributed by atoms with van der Waals surface area (Å²) in [7, 11) is 0. The Balaban J connectivity index is 2.06. The van der Waals surface area contributed by atoms with Gasteiger partial charge in [0.15, 0.2) is 5.58 Å². The van der Waals surface area contributed by atoms with E-state index in [1.807, 2.05) is 12.1 Å². The van der Waals surface area contributed by atoms with Crippen LogP contribution in [-0.2, 0) is 5.41 Å². The highest BCUT2D eigenvalue weighted by Gasteiger charge is 2.15. The standard InChI is InChI=1S/C17H15Cl2NO/c1-17(2,3)11-6-4-10(5-7-11)16-20-14-9-12(18)8-13(19)15(14)21-16/h4-9H,1-3H3. The van der Waals surface area contributed by atoms with Gasteiger partial charge >= 0.3 is 0 Å². The molecule has 0 unspecified atom stereocenters. The van der Waals surface area contributed by atoms with E-state index in [4.69, 9.17) is 27.6 Å². The molecule has 0 bridgehead atoms. The molecule has 0 saturated heterocycles. The summed E-state index contributed by atoms with van der Waals surface area (Å²) in [6.45, 7) is 6.55. The van der Waals surface area contributed by atoms with Gasteiger partial charge in [-0.2, -0.15) is 0 Å². The van der Waals surface area contributed by atoms with Gasteiger partial charge in [-0.15, -0.1) is 0 Å². The zero-order valence-corrected chi connectivity index (χ0v) is 13.6. The lowest BCUT2D eigenvalue weighted by Gasteiger charge is -2.18. The van der Waals surface area contributed by atoms with Gasteiger partial charge in [0.05, 0.1) is 5.02 Å². The van der Waals surface area contributed by atoms with Gasteiger partial charge in [0.25, 0.3) is 0 Å². The molecule has 0 fully saturated rings. The number of rotatable bonds is 1. The van der Waals surface area contributed by atoms with Gasteiger partial charge in [0.1, 0.15) is 5.52 Å². The largest absolute Gasteiger partial charge is 0.435 e. The first-order valence-corrected chi connectivity index (χ1v) is 7.47. The molecule has 1 heterocycles. The van der Waals surface area contributed by atoms with Crippen molar-refractivity contribution in [1.82, 2.24) is 4.98 Å². The molecule has 2 nitrogen and oxygen atoms in total. The number of fused-ring (bicyclic) bond motifs is 1. The lowest BCUT2D eigenvalue weighted by Crippen LogP contribution is -2.10. The number of oxazole rings is 1. The van der Waals surface area contributed by atoms with E-state index in [0.29, 0.717) is 27.0 Å². The van der Waals surface area contributed by atoms with Gasteiger partial charge < -0.3 is 4.42 Å². The minimum absolute atomic E-state index is 0.122. The third-order valence-electron chi connectivity index (χ3n) is 3.41. The molecular weight excluding hydrogens is 305 g/mol. The summed E-state index contributed by atoms with van der Waals surface area (Å²) in [6, 6.07) is 11.6. The number of halogens is 2. The Morgan fingerprint density at radius 3 is 2.29 bits per heavy atom. The fourth-order valence-corrected chi connectivity index (χ4v) is 2.72. The molecule has 0 aliphatic rings. The molecule has 21 heavy (non-hydrogen) atoms. The lowest BCUT2D eigenvalue weighted by molar-refractivity contribution is 0.589. The summed E-state index contributed by atoms with van der Waals surface area (Å²) in [5, 5.41) is 1.03. The topological polar surface area (TPSA) is 26.0 Å². The van der Waals surface area contributed by atoms with Crippen LogP contribution in [0.3, 0.4) is 0 Å². The van der Waals surface area contributed by atoms with Crippen molar-refractivity contribution in [1.29, 1.82) is 0 Å². The van der Waals surface area contributed by atoms with E-state index >= 15 is 0 Å². The van der Waals surface area contributed by atoms with Crippen LogP contribution in [0.1, 0.15) is 26.3 Å². The van der Waals surface area contributed by atoms with E-state index in [0.717, 1.165) is 5.56 Å². The molecule has 0 atom stereocenters. The average Bonchev–Trinajstić information content (AvgIpc) is 2.82. The van der Waals surface area contributed by atoms with Crippen LogP contribution in [0.25, 0.3) is 22.6 Å². The van der Waals surface area contributed by atoms with Crippen molar-refractivity contribution in [2.75, 3.05) is 0 Å². The Labute approximate surface area is 133 Å². The first kappa shape index (κ1) is 14.4. The van der Waals surface area contributed by atoms with Crippen LogP contribution in [0.15, 0.2) is 40.8 Å². The van der Waals surface area contributed by atoms with Crippen LogP contribution in [0.2, 0.25) is 10.0 Å². The summed E-state index contributed by atoms with van der Waals surface area (Å²) in [4.78, 5) is 4.46. The molecule has 3 rings (SSSR count). The van der Waals surface area contributed by atoms with Crippen molar-refractivity contribution in [2.45, 2.75) is 26.2 Å². The molecule has 0 aliphatic heterocycles. The SMILES string of the molecule is CC(C)(C)c1ccc(-c2nc3cc(Cl)cc(Cl)c3o2)cc1. The van der Waals surface area contributed by atoms with E-state index in [1.165, 1.54) is 5.56 Å². The van der Waals surface area contributed by atoms with Crippen LogP contribution in [0.4, 0.5) is 0 Å². The second kappa shape index (κ2) is 5.04. The van der Waals surface area contributed by atoms with Gasteiger partial charge in [0, 0.05) is 10.6 Å². The first-order chi connectivity index (χ1) is 9.84. The van der Waals surface area contributed by atoms with Crippen molar-refractivity contribution in [3.63, 3.8) is 0 Å². The maximum Gasteiger partial charge on any atom is 0.227 e. The Bertz CT molecular complexity index is 798. The molecule has 0 radical (unpaired) electrons. The zero-order valence-electron chi connectivity index (χ0n) is 12.1. The predicted molar refractivity (Wildman–Crippen MR) is 88.2 cm³/mol. The van der Waals surface area contributed by atoms with E-state index in [1.54, 1.807) is 12.1 Å². The predicted octanol–water partition coefficient (Wildman–Crippen LogP) is 6.10. The van der Waals surface area contributed by atoms with E-state index in [9.17, 15) is 0 Å². The van der Waals surface area contributed by atoms with Crippen LogP contribution in [0, 0.1) is 0 Å². The van der Waals surface area contributed by atoms with Crippen LogP contribution < -0.4 is 0 Å². The monoisotopic (exact) mass is 319 g/mol. The van der Waals surface area contributed by atoms with Gasteiger partial charge in [-0.05, 0) is 35.2 Å². The number of benzene rings is 2. The maximum absolute atomic E-state index is 6.13. The fraction of sp³-hybridized carbons (Fsp3) is 0.235. The second-order valence-electron chi connectivity index (χ2n) is 6.08. The molecule has 0 aliphatic carbocycles. The van der Waals surface area contributed by atoms with Gasteiger partial charge in [-0.1, -0.05) is 56.1 Å². The molecule has 2 aromatic carbocycles. The normalized spacial score (nSPS) is 12.0. The summed E-state index contributed by atoms with van der Waals surface area (Å²) in [5.74, 6) is 0.551. The number of aromatic nitrogens is 1. The number of nitrogens with zero attached hydrogens (tertiary/aromatic N) is 1. The molecule has 4 heteroatoms. The third kappa shape index (κ3) is 2.78. The molecule has 0 saturated carbocycles. The lowest BCUT2D eigenvalue weighted by atomic mass is 9.87. The molecule has 0 N–H and O–H groups in total. The third-order valence-corrected chi connectivity index (χ3v) is 3.91. The molecular formula is C17H15Cl2NO. The number of hydrogen-bond donors (Lipinski definition) is 0. The maximum atomic E-state index is 6.13. The Kier molecular flexibility index (Phi) is 3.46. The van der Waals surface area contributed by atoms with Crippen LogP contribution in [0.5, 0.6) is 0 Å². The minimum Gasteiger partial charge on any atom is -0.435 e. The summed E-state index contributed by atoms with van der Waals surface area (Å²) in [5.41, 5.74) is 3.55. The molecule has 0 amide bonds. The molecule has 108 valence electrons. The second-order valence-corrected chi connectivity index (χ2v) is 6.93. The van der Waals surface area contributed by atoms with Crippen molar-refractivity contribution in [2.24, 2.45) is 0 Å². The highest BCUT2D eigenvalue weighted by molar-refractivity contribution is 6.38. The summed E-state index contributed by atoms with van der Waals surface area (Å²) < 4.78 is 5.76. The van der Waals surface area contributed by atoms with Gasteiger partial charge in [-0.25, -0.2) is 4.98 Å². The van der Waals surface area contributed by atoms with Crippen molar-refractivity contribution in [3.05, 3.63) is 52.0 Å². The summed E-state index contributed by atoms with van der Waals surface area (Å²) >= 11 is 12.1. The van der Waals surface area contributed by atoms with Crippen molar-refractivity contribution < 1.29 is 4.42 Å². The quantitative estimate of drug-likeness (QED) is 0.541.